The molecular weight excluding hydrogens is 955 g/mol. The van der Waals surface area contributed by atoms with Crippen LogP contribution in [-0.4, -0.2) is 134 Å². The summed E-state index contributed by atoms with van der Waals surface area (Å²) in [7, 11) is 0. The van der Waals surface area contributed by atoms with Gasteiger partial charge in [0.25, 0.3) is 0 Å². The highest BCUT2D eigenvalue weighted by Gasteiger charge is 2.76. The number of fused-ring (bicyclic) bond motifs is 3. The van der Waals surface area contributed by atoms with Crippen molar-refractivity contribution in [1.82, 2.24) is 10.6 Å². The summed E-state index contributed by atoms with van der Waals surface area (Å²) >= 11 is 0. The van der Waals surface area contributed by atoms with E-state index in [0.717, 1.165) is 84.5 Å². The molecule has 2 amide bonds. The van der Waals surface area contributed by atoms with Gasteiger partial charge in [0.2, 0.25) is 11.8 Å². The molecule has 0 aromatic carbocycles. The normalized spacial score (nSPS) is 26.3. The van der Waals surface area contributed by atoms with Gasteiger partial charge in [-0.25, -0.2) is 14.4 Å². The van der Waals surface area contributed by atoms with Crippen LogP contribution in [0.3, 0.4) is 0 Å². The predicted molar refractivity (Wildman–Crippen MR) is 262 cm³/mol. The Morgan fingerprint density at radius 2 is 1.36 bits per heavy atom. The van der Waals surface area contributed by atoms with E-state index in [1.165, 1.54) is 6.92 Å². The number of amides is 2. The van der Waals surface area contributed by atoms with Gasteiger partial charge >= 0.3 is 41.8 Å². The highest BCUT2D eigenvalue weighted by Crippen LogP contribution is 2.57. The number of aliphatic hydroxyl groups is 2. The third-order valence-corrected chi connectivity index (χ3v) is 14.2. The molecule has 1 saturated heterocycles. The van der Waals surface area contributed by atoms with Crippen molar-refractivity contribution in [3.8, 4) is 0 Å². The number of carboxylic acids is 2. The Kier molecular flexibility index (Phi) is 24.5. The topological polar surface area (TPSA) is 331 Å². The Morgan fingerprint density at radius 1 is 0.808 bits per heavy atom. The molecule has 10 atom stereocenters. The lowest BCUT2D eigenvalue weighted by Crippen LogP contribution is -2.64. The Labute approximate surface area is 428 Å². The number of carbonyl (C=O) groups excluding carboxylic acids is 7. The summed E-state index contributed by atoms with van der Waals surface area (Å²) in [5.74, 6) is -9.26. The van der Waals surface area contributed by atoms with Crippen molar-refractivity contribution in [2.24, 2.45) is 11.7 Å². The largest absolute Gasteiger partial charge is 0.481 e. The average molecular weight is 1040 g/mol. The van der Waals surface area contributed by atoms with Crippen LogP contribution in [-0.2, 0) is 66.8 Å². The van der Waals surface area contributed by atoms with E-state index < -0.39 is 126 Å². The van der Waals surface area contributed by atoms with Crippen LogP contribution < -0.4 is 16.4 Å². The SMILES string of the molecule is C/C=C(/C)C(=O)O[C@H]1C(C)=C2C3OC(=O)[C@@](C)(O)[C@@]3(O)C(OC(=O)CCCCCCCCCCCNC(=O)CC(N)C(=O)NC(CCC(=O)O)C(=O)O)C[C@](C)(OC(C)=O)C2[C@@H]1OC(=O)CCCCCCCC. The van der Waals surface area contributed by atoms with Gasteiger partial charge in [0.15, 0.2) is 29.5 Å². The van der Waals surface area contributed by atoms with Gasteiger partial charge in [0.05, 0.1) is 18.4 Å². The van der Waals surface area contributed by atoms with Crippen molar-refractivity contribution in [3.63, 3.8) is 0 Å². The van der Waals surface area contributed by atoms with Crippen molar-refractivity contribution in [2.45, 2.75) is 237 Å². The number of hydrogen-bond acceptors (Lipinski definition) is 17. The molecule has 3 rings (SSSR count). The zero-order chi connectivity index (χ0) is 54.7. The molecule has 1 aliphatic heterocycles. The number of allylic oxidation sites excluding steroid dienone is 1. The highest BCUT2D eigenvalue weighted by molar-refractivity contribution is 5.91. The molecule has 0 radical (unpaired) electrons. The van der Waals surface area contributed by atoms with E-state index in [1.54, 1.807) is 26.8 Å². The Balaban J connectivity index is 1.61. The molecule has 8 N–H and O–H groups in total. The fraction of sp³-hybridized carbons (Fsp3) is 0.750. The van der Waals surface area contributed by atoms with Gasteiger partial charge in [-0.1, -0.05) is 90.0 Å². The number of nitrogens with one attached hydrogen (secondary N) is 2. The summed E-state index contributed by atoms with van der Waals surface area (Å²) in [5, 5.41) is 47.4. The monoisotopic (exact) mass is 1040 g/mol. The molecule has 21 heteroatoms. The summed E-state index contributed by atoms with van der Waals surface area (Å²) < 4.78 is 30.0. The van der Waals surface area contributed by atoms with Crippen LogP contribution in [0.2, 0.25) is 0 Å². The summed E-state index contributed by atoms with van der Waals surface area (Å²) in [4.78, 5) is 114. The molecule has 0 spiro atoms. The maximum absolute atomic E-state index is 13.7. The minimum atomic E-state index is -2.66. The molecule has 5 unspecified atom stereocenters. The number of carbonyl (C=O) groups is 9. The van der Waals surface area contributed by atoms with E-state index in [0.29, 0.717) is 32.2 Å². The van der Waals surface area contributed by atoms with Crippen LogP contribution in [0.25, 0.3) is 0 Å². The zero-order valence-corrected chi connectivity index (χ0v) is 43.8. The third kappa shape index (κ3) is 17.1. The van der Waals surface area contributed by atoms with Gasteiger partial charge in [-0.2, -0.15) is 0 Å². The second kappa shape index (κ2) is 28.9. The van der Waals surface area contributed by atoms with E-state index in [1.807, 2.05) is 0 Å². The lowest BCUT2D eigenvalue weighted by Gasteiger charge is -2.41. The Hall–Kier alpha value is -5.41. The van der Waals surface area contributed by atoms with E-state index >= 15 is 0 Å². The summed E-state index contributed by atoms with van der Waals surface area (Å²) in [6, 6.07) is -2.76. The molecule has 1 saturated carbocycles. The number of rotatable bonds is 32. The van der Waals surface area contributed by atoms with Gasteiger partial charge in [-0.15, -0.1) is 0 Å². The first kappa shape index (κ1) is 61.9. The number of esters is 5. The van der Waals surface area contributed by atoms with Crippen molar-refractivity contribution >= 4 is 53.6 Å². The van der Waals surface area contributed by atoms with Crippen LogP contribution in [0.4, 0.5) is 0 Å². The molecule has 21 nitrogen and oxygen atoms in total. The standard InChI is InChI=1S/C52H81N3O18/c1-8-10-11-12-18-22-25-40(61)70-44-42-41(32(4)43(44)71-48(65)31(3)9-2)45-52(68,51(7,67)49(66)72-45)36(30-50(42,6)73-33(5)56)69-39(60)24-21-19-16-14-13-15-17-20-23-28-54-37(57)29-34(53)46(62)55-35(47(63)64)26-27-38(58)59/h9,34-36,42-45,67-68H,8,10-30,53H2,1-7H3,(H,54,57)(H,55,62)(H,58,59)(H,63,64)/b31-9-/t34?,35?,36?,42?,43-,44-,45?,50-,51+,52+/m0/s1. The van der Waals surface area contributed by atoms with E-state index in [9.17, 15) is 58.5 Å². The predicted octanol–water partition coefficient (Wildman–Crippen LogP) is 4.69. The highest BCUT2D eigenvalue weighted by atomic mass is 16.6. The van der Waals surface area contributed by atoms with Gasteiger partial charge < -0.3 is 60.5 Å². The number of unbranched alkanes of at least 4 members (excludes halogenated alkanes) is 13. The van der Waals surface area contributed by atoms with Gasteiger partial charge in [-0.05, 0) is 71.4 Å². The molecule has 3 aliphatic rings. The van der Waals surface area contributed by atoms with Crippen molar-refractivity contribution in [2.75, 3.05) is 6.54 Å². The van der Waals surface area contributed by atoms with Crippen LogP contribution in [0.1, 0.15) is 183 Å². The number of ether oxygens (including phenoxy) is 5. The fourth-order valence-corrected chi connectivity index (χ4v) is 9.90. The minimum Gasteiger partial charge on any atom is -0.481 e. The Bertz CT molecular complexity index is 2030. The van der Waals surface area contributed by atoms with Crippen molar-refractivity contribution in [1.29, 1.82) is 0 Å². The molecule has 2 aliphatic carbocycles. The van der Waals surface area contributed by atoms with E-state index in [2.05, 4.69) is 17.6 Å². The summed E-state index contributed by atoms with van der Waals surface area (Å²) in [6.07, 6.45) is 6.20. The van der Waals surface area contributed by atoms with Crippen molar-refractivity contribution < 1.29 is 87.3 Å². The van der Waals surface area contributed by atoms with Gasteiger partial charge in [0, 0.05) is 44.7 Å². The van der Waals surface area contributed by atoms with Crippen LogP contribution in [0.15, 0.2) is 22.8 Å². The lowest BCUT2D eigenvalue weighted by molar-refractivity contribution is -0.212. The summed E-state index contributed by atoms with van der Waals surface area (Å²) in [5.41, 5.74) is -0.723. The molecule has 0 aromatic heterocycles. The molecule has 412 valence electrons. The van der Waals surface area contributed by atoms with Gasteiger partial charge in [0.1, 0.15) is 17.7 Å². The first-order valence-corrected chi connectivity index (χ1v) is 25.9. The number of aliphatic carboxylic acids is 2. The van der Waals surface area contributed by atoms with E-state index in [-0.39, 0.29) is 42.4 Å². The number of hydrogen-bond donors (Lipinski definition) is 7. The molecule has 0 aromatic rings. The quantitative estimate of drug-likeness (QED) is 0.0158. The first-order valence-electron chi connectivity index (χ1n) is 25.9. The van der Waals surface area contributed by atoms with Gasteiger partial charge in [-0.3, -0.25) is 28.8 Å². The zero-order valence-electron chi connectivity index (χ0n) is 43.8. The van der Waals surface area contributed by atoms with Crippen LogP contribution in [0, 0.1) is 5.92 Å². The Morgan fingerprint density at radius 3 is 1.89 bits per heavy atom. The first-order chi connectivity index (χ1) is 34.4. The molecular formula is C52H81N3O18. The molecule has 73 heavy (non-hydrogen) atoms. The van der Waals surface area contributed by atoms with Crippen LogP contribution in [0.5, 0.6) is 0 Å². The second-order valence-corrected chi connectivity index (χ2v) is 20.1. The minimum absolute atomic E-state index is 0.0376. The number of nitrogens with two attached hydrogens (primary N) is 1. The van der Waals surface area contributed by atoms with Crippen molar-refractivity contribution in [3.05, 3.63) is 22.8 Å². The van der Waals surface area contributed by atoms with E-state index in [4.69, 9.17) is 34.5 Å². The fourth-order valence-electron chi connectivity index (χ4n) is 9.90. The second-order valence-electron chi connectivity index (χ2n) is 20.1. The maximum atomic E-state index is 13.7. The average Bonchev–Trinajstić information content (AvgIpc) is 3.65. The summed E-state index contributed by atoms with van der Waals surface area (Å²) in [6.45, 7) is 10.9. The smallest absolute Gasteiger partial charge is 0.341 e. The maximum Gasteiger partial charge on any atom is 0.341 e. The lowest BCUT2D eigenvalue weighted by atomic mass is 9.75. The number of carboxylic acid groups (broad SMARTS) is 2. The third-order valence-electron chi connectivity index (χ3n) is 14.2. The molecule has 0 bridgehead atoms. The van der Waals surface area contributed by atoms with Crippen LogP contribution >= 0.6 is 0 Å². The molecule has 1 heterocycles. The molecule has 2 fully saturated rings.